The van der Waals surface area contributed by atoms with Crippen LogP contribution in [-0.4, -0.2) is 29.2 Å². The first kappa shape index (κ1) is 14.3. The highest BCUT2D eigenvalue weighted by molar-refractivity contribution is 5.81. The van der Waals surface area contributed by atoms with Gasteiger partial charge in [0.05, 0.1) is 0 Å². The van der Waals surface area contributed by atoms with Gasteiger partial charge in [-0.2, -0.15) is 0 Å². The maximum atomic E-state index is 12.1. The highest BCUT2D eigenvalue weighted by Crippen LogP contribution is 2.21. The topological polar surface area (TPSA) is 60.3 Å². The van der Waals surface area contributed by atoms with E-state index in [9.17, 15) is 9.59 Å². The first-order chi connectivity index (χ1) is 10.2. The van der Waals surface area contributed by atoms with E-state index in [1.807, 2.05) is 17.6 Å². The molecule has 2 aliphatic rings. The summed E-state index contributed by atoms with van der Waals surface area (Å²) >= 11 is 0. The molecule has 0 radical (unpaired) electrons. The predicted octanol–water partition coefficient (Wildman–Crippen LogP) is 1.02. The molecule has 2 atom stereocenters. The summed E-state index contributed by atoms with van der Waals surface area (Å²) in [6, 6.07) is 3.69. The lowest BCUT2D eigenvalue weighted by Crippen LogP contribution is -2.44. The number of hydrogen-bond acceptors (Lipinski definition) is 3. The van der Waals surface area contributed by atoms with Gasteiger partial charge in [-0.1, -0.05) is 6.07 Å². The van der Waals surface area contributed by atoms with Crippen LogP contribution < -0.4 is 10.9 Å². The molecule has 0 aromatic carbocycles. The van der Waals surface area contributed by atoms with E-state index < -0.39 is 0 Å². The molecule has 1 aliphatic heterocycles. The van der Waals surface area contributed by atoms with E-state index >= 15 is 0 Å². The fraction of sp³-hybridized carbons (Fsp3) is 0.625. The van der Waals surface area contributed by atoms with Gasteiger partial charge >= 0.3 is 0 Å². The molecule has 1 aromatic heterocycles. The molecule has 0 saturated carbocycles. The molecule has 5 nitrogen and oxygen atoms in total. The Balaban J connectivity index is 1.70. The summed E-state index contributed by atoms with van der Waals surface area (Å²) in [4.78, 5) is 23.9. The second-order valence-electron chi connectivity index (χ2n) is 5.84. The number of nitrogens with zero attached hydrogens (tertiary/aromatic N) is 1. The number of carbonyl (C=O) groups excluding carboxylic acids is 1. The molecular formula is C16H22N2O3. The molecule has 1 saturated heterocycles. The van der Waals surface area contributed by atoms with Gasteiger partial charge in [-0.3, -0.25) is 9.59 Å². The van der Waals surface area contributed by atoms with Crippen LogP contribution in [-0.2, 0) is 28.9 Å². The number of fused-ring (bicyclic) bond motifs is 1. The van der Waals surface area contributed by atoms with Gasteiger partial charge in [0, 0.05) is 31.0 Å². The van der Waals surface area contributed by atoms with Crippen molar-refractivity contribution < 1.29 is 9.53 Å². The number of amides is 1. The fourth-order valence-corrected chi connectivity index (χ4v) is 3.37. The van der Waals surface area contributed by atoms with Crippen molar-refractivity contribution in [3.8, 4) is 0 Å². The number of ether oxygens (including phenoxy) is 1. The third-order valence-corrected chi connectivity index (χ3v) is 4.47. The average molecular weight is 290 g/mol. The number of hydrogen-bond donors (Lipinski definition) is 1. The van der Waals surface area contributed by atoms with Crippen molar-refractivity contribution in [2.45, 2.75) is 57.7 Å². The maximum absolute atomic E-state index is 12.1. The van der Waals surface area contributed by atoms with Crippen molar-refractivity contribution in [3.63, 3.8) is 0 Å². The van der Waals surface area contributed by atoms with Gasteiger partial charge < -0.3 is 14.6 Å². The Bertz CT molecular complexity index is 588. The largest absolute Gasteiger partial charge is 0.368 e. The van der Waals surface area contributed by atoms with Gasteiger partial charge in [-0.15, -0.1) is 0 Å². The number of pyridine rings is 1. The Morgan fingerprint density at radius 3 is 3.00 bits per heavy atom. The molecule has 5 heteroatoms. The van der Waals surface area contributed by atoms with Crippen LogP contribution in [0.4, 0.5) is 0 Å². The molecule has 1 aliphatic carbocycles. The third kappa shape index (κ3) is 2.88. The highest BCUT2D eigenvalue weighted by atomic mass is 16.5. The van der Waals surface area contributed by atoms with E-state index in [-0.39, 0.29) is 23.6 Å². The van der Waals surface area contributed by atoms with Gasteiger partial charge in [0.1, 0.15) is 6.10 Å². The Kier molecular flexibility index (Phi) is 4.10. The van der Waals surface area contributed by atoms with Crippen LogP contribution in [0.5, 0.6) is 0 Å². The van der Waals surface area contributed by atoms with Gasteiger partial charge in [0.25, 0.3) is 5.56 Å². The lowest BCUT2D eigenvalue weighted by atomic mass is 9.91. The van der Waals surface area contributed by atoms with Crippen LogP contribution in [0.2, 0.25) is 0 Å². The van der Waals surface area contributed by atoms with Crippen LogP contribution in [0.3, 0.4) is 0 Å². The Morgan fingerprint density at radius 1 is 1.43 bits per heavy atom. The molecule has 0 spiro atoms. The van der Waals surface area contributed by atoms with Crippen LogP contribution in [0.1, 0.15) is 37.4 Å². The van der Waals surface area contributed by atoms with E-state index in [1.165, 1.54) is 5.56 Å². The normalized spacial score (nSPS) is 24.6. The molecule has 21 heavy (non-hydrogen) atoms. The monoisotopic (exact) mass is 290 g/mol. The number of rotatable bonds is 3. The molecule has 1 fully saturated rings. The number of carbonyl (C=O) groups is 1. The Morgan fingerprint density at radius 2 is 2.29 bits per heavy atom. The second-order valence-corrected chi connectivity index (χ2v) is 5.84. The van der Waals surface area contributed by atoms with Gasteiger partial charge in [-0.05, 0) is 44.6 Å². The van der Waals surface area contributed by atoms with E-state index in [0.717, 1.165) is 37.8 Å². The van der Waals surface area contributed by atoms with Crippen molar-refractivity contribution in [1.82, 2.24) is 9.88 Å². The summed E-state index contributed by atoms with van der Waals surface area (Å²) in [5, 5.41) is 3.10. The van der Waals surface area contributed by atoms with Crippen molar-refractivity contribution in [2.24, 2.45) is 0 Å². The average Bonchev–Trinajstić information content (AvgIpc) is 3.02. The molecule has 0 bridgehead atoms. The zero-order valence-corrected chi connectivity index (χ0v) is 12.4. The van der Waals surface area contributed by atoms with Gasteiger partial charge in [-0.25, -0.2) is 0 Å². The molecule has 2 heterocycles. The van der Waals surface area contributed by atoms with E-state index in [0.29, 0.717) is 13.2 Å². The standard InChI is InChI=1S/C16H22N2O3/c1-2-18-13-7-6-12(10-11(13)5-8-15(18)19)17-16(20)14-4-3-9-21-14/h5,8,12,14H,2-4,6-7,9-10H2,1H3,(H,17,20)/t12-,14+/m0/s1. The molecule has 0 unspecified atom stereocenters. The van der Waals surface area contributed by atoms with Gasteiger partial charge in [0.2, 0.25) is 5.91 Å². The van der Waals surface area contributed by atoms with Crippen LogP contribution >= 0.6 is 0 Å². The van der Waals surface area contributed by atoms with Crippen molar-refractivity contribution in [2.75, 3.05) is 6.61 Å². The van der Waals surface area contributed by atoms with E-state index in [4.69, 9.17) is 4.74 Å². The minimum atomic E-state index is -0.268. The molecule has 114 valence electrons. The lowest BCUT2D eigenvalue weighted by Gasteiger charge is -2.28. The molecular weight excluding hydrogens is 268 g/mol. The maximum Gasteiger partial charge on any atom is 0.250 e. The summed E-state index contributed by atoms with van der Waals surface area (Å²) in [7, 11) is 0. The van der Waals surface area contributed by atoms with Crippen molar-refractivity contribution in [1.29, 1.82) is 0 Å². The smallest absolute Gasteiger partial charge is 0.250 e. The van der Waals surface area contributed by atoms with Crippen LogP contribution in [0, 0.1) is 0 Å². The summed E-state index contributed by atoms with van der Waals surface area (Å²) < 4.78 is 7.26. The zero-order chi connectivity index (χ0) is 14.8. The minimum Gasteiger partial charge on any atom is -0.368 e. The first-order valence-corrected chi connectivity index (χ1v) is 7.82. The zero-order valence-electron chi connectivity index (χ0n) is 12.4. The van der Waals surface area contributed by atoms with Gasteiger partial charge in [0.15, 0.2) is 0 Å². The van der Waals surface area contributed by atoms with Crippen LogP contribution in [0.15, 0.2) is 16.9 Å². The predicted molar refractivity (Wildman–Crippen MR) is 79.3 cm³/mol. The van der Waals surface area contributed by atoms with Crippen molar-refractivity contribution >= 4 is 5.91 Å². The summed E-state index contributed by atoms with van der Waals surface area (Å²) in [5.41, 5.74) is 2.38. The summed E-state index contributed by atoms with van der Waals surface area (Å²) in [6.07, 6.45) is 4.05. The quantitative estimate of drug-likeness (QED) is 0.904. The van der Waals surface area contributed by atoms with E-state index in [2.05, 4.69) is 5.32 Å². The number of aromatic nitrogens is 1. The SMILES string of the molecule is CCn1c2c(ccc1=O)C[C@@H](NC(=O)[C@H]1CCCO1)CC2. The summed E-state index contributed by atoms with van der Waals surface area (Å²) in [5.74, 6) is 0.0183. The molecule has 1 amide bonds. The van der Waals surface area contributed by atoms with E-state index in [1.54, 1.807) is 6.07 Å². The second kappa shape index (κ2) is 6.02. The summed E-state index contributed by atoms with van der Waals surface area (Å²) in [6.45, 7) is 3.39. The number of nitrogens with one attached hydrogen (secondary N) is 1. The molecule has 3 rings (SSSR count). The minimum absolute atomic E-state index is 0.0183. The third-order valence-electron chi connectivity index (χ3n) is 4.47. The molecule has 1 N–H and O–H groups in total. The lowest BCUT2D eigenvalue weighted by molar-refractivity contribution is -0.130. The van der Waals surface area contributed by atoms with Crippen LogP contribution in [0.25, 0.3) is 0 Å². The Hall–Kier alpha value is -1.62. The molecule has 1 aromatic rings. The highest BCUT2D eigenvalue weighted by Gasteiger charge is 2.28. The van der Waals surface area contributed by atoms with Crippen molar-refractivity contribution in [3.05, 3.63) is 33.7 Å². The first-order valence-electron chi connectivity index (χ1n) is 7.82. The Labute approximate surface area is 124 Å². The fourth-order valence-electron chi connectivity index (χ4n) is 3.37.